The number of unbranched alkanes of at least 4 members (excludes halogenated alkanes) is 1. The maximum absolute atomic E-state index is 11.9. The Balaban J connectivity index is 2.55. The zero-order valence-corrected chi connectivity index (χ0v) is 11.8. The quantitative estimate of drug-likeness (QED) is 0.760. The molecule has 1 N–H and O–H groups in total. The highest BCUT2D eigenvalue weighted by atomic mass is 16.1. The Morgan fingerprint density at radius 1 is 1.11 bits per heavy atom. The Morgan fingerprint density at radius 2 is 1.72 bits per heavy atom. The standard InChI is InChI=1S/C16H25NO/c1-4-7-8-13-9-11-15(12-10-13)17-16(18)14(5-2)6-3/h9-12,14H,4-8H2,1-3H3,(H,17,18). The molecule has 1 rings (SSSR count). The van der Waals surface area contributed by atoms with Crippen LogP contribution in [0.15, 0.2) is 24.3 Å². The summed E-state index contributed by atoms with van der Waals surface area (Å²) in [5.41, 5.74) is 2.25. The predicted molar refractivity (Wildman–Crippen MR) is 77.8 cm³/mol. The van der Waals surface area contributed by atoms with Crippen molar-refractivity contribution < 1.29 is 4.79 Å². The van der Waals surface area contributed by atoms with Crippen LogP contribution in [0.1, 0.15) is 52.0 Å². The summed E-state index contributed by atoms with van der Waals surface area (Å²) in [5, 5.41) is 2.99. The molecule has 0 atom stereocenters. The maximum Gasteiger partial charge on any atom is 0.227 e. The lowest BCUT2D eigenvalue weighted by atomic mass is 10.0. The van der Waals surface area contributed by atoms with Crippen molar-refractivity contribution in [3.63, 3.8) is 0 Å². The molecule has 0 saturated carbocycles. The number of benzene rings is 1. The van der Waals surface area contributed by atoms with Crippen LogP contribution in [-0.2, 0) is 11.2 Å². The summed E-state index contributed by atoms with van der Waals surface area (Å²) in [7, 11) is 0. The van der Waals surface area contributed by atoms with Gasteiger partial charge in [0.1, 0.15) is 0 Å². The first kappa shape index (κ1) is 14.7. The summed E-state index contributed by atoms with van der Waals surface area (Å²) in [5.74, 6) is 0.270. The molecular weight excluding hydrogens is 222 g/mol. The van der Waals surface area contributed by atoms with E-state index >= 15 is 0 Å². The van der Waals surface area contributed by atoms with Crippen LogP contribution in [0.5, 0.6) is 0 Å². The van der Waals surface area contributed by atoms with Crippen LogP contribution in [0.2, 0.25) is 0 Å². The molecule has 1 amide bonds. The van der Waals surface area contributed by atoms with Crippen LogP contribution in [-0.4, -0.2) is 5.91 Å². The Bertz CT molecular complexity index is 352. The second-order valence-corrected chi connectivity index (χ2v) is 4.80. The molecule has 0 unspecified atom stereocenters. The lowest BCUT2D eigenvalue weighted by Gasteiger charge is -2.13. The van der Waals surface area contributed by atoms with Gasteiger partial charge in [-0.3, -0.25) is 4.79 Å². The molecule has 18 heavy (non-hydrogen) atoms. The van der Waals surface area contributed by atoms with Crippen molar-refractivity contribution in [2.75, 3.05) is 5.32 Å². The van der Waals surface area contributed by atoms with Crippen molar-refractivity contribution in [3.05, 3.63) is 29.8 Å². The van der Waals surface area contributed by atoms with Crippen molar-refractivity contribution in [3.8, 4) is 0 Å². The molecule has 2 nitrogen and oxygen atoms in total. The fourth-order valence-electron chi connectivity index (χ4n) is 2.04. The van der Waals surface area contributed by atoms with E-state index in [0.29, 0.717) is 0 Å². The Labute approximate surface area is 111 Å². The molecular formula is C16H25NO. The topological polar surface area (TPSA) is 29.1 Å². The summed E-state index contributed by atoms with van der Waals surface area (Å²) in [4.78, 5) is 11.9. The smallest absolute Gasteiger partial charge is 0.227 e. The average molecular weight is 247 g/mol. The number of carbonyl (C=O) groups is 1. The van der Waals surface area contributed by atoms with Crippen LogP contribution in [0.4, 0.5) is 5.69 Å². The van der Waals surface area contributed by atoms with Crippen LogP contribution >= 0.6 is 0 Å². The largest absolute Gasteiger partial charge is 0.326 e. The summed E-state index contributed by atoms with van der Waals surface area (Å²) >= 11 is 0. The average Bonchev–Trinajstić information content (AvgIpc) is 2.39. The van der Waals surface area contributed by atoms with Gasteiger partial charge in [0.25, 0.3) is 0 Å². The van der Waals surface area contributed by atoms with Crippen molar-refractivity contribution >= 4 is 11.6 Å². The number of amides is 1. The van der Waals surface area contributed by atoms with E-state index in [1.54, 1.807) is 0 Å². The van der Waals surface area contributed by atoms with Gasteiger partial charge in [-0.25, -0.2) is 0 Å². The zero-order valence-electron chi connectivity index (χ0n) is 11.8. The van der Waals surface area contributed by atoms with E-state index in [-0.39, 0.29) is 11.8 Å². The van der Waals surface area contributed by atoms with Gasteiger partial charge in [0.15, 0.2) is 0 Å². The molecule has 0 saturated heterocycles. The number of rotatable bonds is 7. The maximum atomic E-state index is 11.9. The normalized spacial score (nSPS) is 10.7. The van der Waals surface area contributed by atoms with Gasteiger partial charge in [0.2, 0.25) is 5.91 Å². The first-order chi connectivity index (χ1) is 8.71. The minimum atomic E-state index is 0.129. The van der Waals surface area contributed by atoms with Gasteiger partial charge in [-0.2, -0.15) is 0 Å². The van der Waals surface area contributed by atoms with E-state index in [0.717, 1.165) is 24.9 Å². The van der Waals surface area contributed by atoms with E-state index in [4.69, 9.17) is 0 Å². The second-order valence-electron chi connectivity index (χ2n) is 4.80. The number of anilines is 1. The fourth-order valence-corrected chi connectivity index (χ4v) is 2.04. The third kappa shape index (κ3) is 4.52. The van der Waals surface area contributed by atoms with Crippen LogP contribution < -0.4 is 5.32 Å². The first-order valence-electron chi connectivity index (χ1n) is 7.11. The molecule has 1 aromatic carbocycles. The van der Waals surface area contributed by atoms with Gasteiger partial charge < -0.3 is 5.32 Å². The van der Waals surface area contributed by atoms with E-state index in [1.807, 2.05) is 12.1 Å². The van der Waals surface area contributed by atoms with Crippen molar-refractivity contribution in [1.29, 1.82) is 0 Å². The summed E-state index contributed by atoms with van der Waals surface area (Å²) in [6, 6.07) is 8.23. The molecule has 0 spiro atoms. The van der Waals surface area contributed by atoms with E-state index < -0.39 is 0 Å². The molecule has 0 aliphatic rings. The minimum absolute atomic E-state index is 0.129. The molecule has 1 aromatic rings. The van der Waals surface area contributed by atoms with Gasteiger partial charge in [-0.15, -0.1) is 0 Å². The zero-order chi connectivity index (χ0) is 13.4. The summed E-state index contributed by atoms with van der Waals surface area (Å²) in [6.45, 7) is 6.31. The Hall–Kier alpha value is -1.31. The fraction of sp³-hybridized carbons (Fsp3) is 0.562. The van der Waals surface area contributed by atoms with Gasteiger partial charge in [0, 0.05) is 11.6 Å². The number of nitrogens with one attached hydrogen (secondary N) is 1. The highest BCUT2D eigenvalue weighted by Gasteiger charge is 2.13. The highest BCUT2D eigenvalue weighted by Crippen LogP contribution is 2.15. The molecule has 2 heteroatoms. The number of hydrogen-bond donors (Lipinski definition) is 1. The molecule has 0 bridgehead atoms. The molecule has 0 aliphatic heterocycles. The first-order valence-corrected chi connectivity index (χ1v) is 7.11. The molecule has 0 radical (unpaired) electrons. The van der Waals surface area contributed by atoms with E-state index in [2.05, 4.69) is 38.2 Å². The van der Waals surface area contributed by atoms with Crippen molar-refractivity contribution in [2.45, 2.75) is 52.9 Å². The third-order valence-electron chi connectivity index (χ3n) is 3.40. The lowest BCUT2D eigenvalue weighted by molar-refractivity contribution is -0.120. The third-order valence-corrected chi connectivity index (χ3v) is 3.40. The second kappa shape index (κ2) is 7.91. The van der Waals surface area contributed by atoms with Crippen LogP contribution in [0.25, 0.3) is 0 Å². The highest BCUT2D eigenvalue weighted by molar-refractivity contribution is 5.92. The van der Waals surface area contributed by atoms with Crippen LogP contribution in [0.3, 0.4) is 0 Å². The molecule has 100 valence electrons. The van der Waals surface area contributed by atoms with Crippen molar-refractivity contribution in [2.24, 2.45) is 5.92 Å². The molecule has 0 fully saturated rings. The summed E-state index contributed by atoms with van der Waals surface area (Å²) in [6.07, 6.45) is 5.36. The molecule has 0 aliphatic carbocycles. The minimum Gasteiger partial charge on any atom is -0.326 e. The van der Waals surface area contributed by atoms with Gasteiger partial charge in [-0.05, 0) is 43.4 Å². The SMILES string of the molecule is CCCCc1ccc(NC(=O)C(CC)CC)cc1. The van der Waals surface area contributed by atoms with Gasteiger partial charge >= 0.3 is 0 Å². The lowest BCUT2D eigenvalue weighted by Crippen LogP contribution is -2.21. The predicted octanol–water partition coefficient (Wildman–Crippen LogP) is 4.40. The van der Waals surface area contributed by atoms with Crippen molar-refractivity contribution in [1.82, 2.24) is 0 Å². The number of carbonyl (C=O) groups excluding carboxylic acids is 1. The number of aryl methyl sites for hydroxylation is 1. The molecule has 0 aromatic heterocycles. The van der Waals surface area contributed by atoms with E-state index in [1.165, 1.54) is 18.4 Å². The van der Waals surface area contributed by atoms with E-state index in [9.17, 15) is 4.79 Å². The molecule has 0 heterocycles. The van der Waals surface area contributed by atoms with Crippen LogP contribution in [0, 0.1) is 5.92 Å². The number of hydrogen-bond acceptors (Lipinski definition) is 1. The Kier molecular flexibility index (Phi) is 6.48. The van der Waals surface area contributed by atoms with Gasteiger partial charge in [0.05, 0.1) is 0 Å². The van der Waals surface area contributed by atoms with Gasteiger partial charge in [-0.1, -0.05) is 39.3 Å². The Morgan fingerprint density at radius 3 is 2.22 bits per heavy atom. The monoisotopic (exact) mass is 247 g/mol. The summed E-state index contributed by atoms with van der Waals surface area (Å²) < 4.78 is 0.